The first-order valence-corrected chi connectivity index (χ1v) is 6.59. The van der Waals surface area contributed by atoms with Crippen molar-refractivity contribution in [1.29, 1.82) is 0 Å². The molecule has 10 heteroatoms. The second kappa shape index (κ2) is 5.77. The van der Waals surface area contributed by atoms with Gasteiger partial charge in [0.25, 0.3) is 0 Å². The number of carboxylic acids is 1. The molecule has 20 heavy (non-hydrogen) atoms. The quantitative estimate of drug-likeness (QED) is 0.731. The van der Waals surface area contributed by atoms with Gasteiger partial charge in [0.15, 0.2) is 0 Å². The van der Waals surface area contributed by atoms with Crippen LogP contribution in [-0.2, 0) is 21.0 Å². The number of aliphatic hydroxyl groups excluding tert-OH is 1. The molecule has 1 aromatic rings. The average molecular weight is 313 g/mol. The number of nitrogens with one attached hydrogen (secondary N) is 1. The standard InChI is InChI=1S/C10H10F3NO5S/c11-10(12,13)6-2-1-3-7(4-6)20(18,19)14-8(5-15)9(16)17/h1-4,8,14-15H,5H2,(H,16,17)/t8-/m1/s1. The van der Waals surface area contributed by atoms with Crippen molar-refractivity contribution in [3.05, 3.63) is 29.8 Å². The van der Waals surface area contributed by atoms with Gasteiger partial charge >= 0.3 is 12.1 Å². The monoisotopic (exact) mass is 313 g/mol. The van der Waals surface area contributed by atoms with Crippen LogP contribution in [0.25, 0.3) is 0 Å². The van der Waals surface area contributed by atoms with Gasteiger partial charge in [0.05, 0.1) is 17.1 Å². The lowest BCUT2D eigenvalue weighted by Gasteiger charge is -2.13. The van der Waals surface area contributed by atoms with Crippen molar-refractivity contribution in [2.24, 2.45) is 0 Å². The first kappa shape index (κ1) is 16.4. The van der Waals surface area contributed by atoms with Gasteiger partial charge in [-0.3, -0.25) is 4.79 Å². The zero-order valence-electron chi connectivity index (χ0n) is 9.76. The summed E-state index contributed by atoms with van der Waals surface area (Å²) in [6.45, 7) is -1.03. The maximum Gasteiger partial charge on any atom is 0.416 e. The molecule has 1 aromatic carbocycles. The molecule has 1 atom stereocenters. The Hall–Kier alpha value is -1.65. The molecule has 0 aliphatic rings. The van der Waals surface area contributed by atoms with Crippen LogP contribution >= 0.6 is 0 Å². The lowest BCUT2D eigenvalue weighted by Crippen LogP contribution is -2.43. The molecule has 0 fully saturated rings. The molecule has 0 heterocycles. The van der Waals surface area contributed by atoms with E-state index in [1.807, 2.05) is 0 Å². The minimum absolute atomic E-state index is 0.374. The van der Waals surface area contributed by atoms with E-state index in [4.69, 9.17) is 10.2 Å². The lowest BCUT2D eigenvalue weighted by molar-refractivity contribution is -0.140. The van der Waals surface area contributed by atoms with E-state index in [2.05, 4.69) is 0 Å². The van der Waals surface area contributed by atoms with Crippen LogP contribution in [0.4, 0.5) is 13.2 Å². The third-order valence-electron chi connectivity index (χ3n) is 2.25. The maximum atomic E-state index is 12.5. The summed E-state index contributed by atoms with van der Waals surface area (Å²) in [6, 6.07) is 0.979. The molecule has 0 aromatic heterocycles. The van der Waals surface area contributed by atoms with Gasteiger partial charge in [-0.15, -0.1) is 0 Å². The van der Waals surface area contributed by atoms with E-state index >= 15 is 0 Å². The zero-order chi connectivity index (χ0) is 15.6. The van der Waals surface area contributed by atoms with Crippen molar-refractivity contribution in [3.8, 4) is 0 Å². The maximum absolute atomic E-state index is 12.5. The summed E-state index contributed by atoms with van der Waals surface area (Å²) >= 11 is 0. The van der Waals surface area contributed by atoms with Crippen molar-refractivity contribution < 1.29 is 36.6 Å². The van der Waals surface area contributed by atoms with Crippen LogP contribution in [0.15, 0.2) is 29.2 Å². The number of hydrogen-bond acceptors (Lipinski definition) is 4. The van der Waals surface area contributed by atoms with E-state index in [-0.39, 0.29) is 0 Å². The van der Waals surface area contributed by atoms with E-state index < -0.39 is 45.3 Å². The summed E-state index contributed by atoms with van der Waals surface area (Å²) in [5.74, 6) is -1.65. The van der Waals surface area contributed by atoms with Gasteiger partial charge in [-0.1, -0.05) is 6.07 Å². The fourth-order valence-corrected chi connectivity index (χ4v) is 2.49. The van der Waals surface area contributed by atoms with Crippen LogP contribution in [-0.4, -0.2) is 37.2 Å². The predicted octanol–water partition coefficient (Wildman–Crippen LogP) is 0.429. The summed E-state index contributed by atoms with van der Waals surface area (Å²) in [6.07, 6.45) is -4.73. The van der Waals surface area contributed by atoms with Gasteiger partial charge in [0.2, 0.25) is 10.0 Å². The molecule has 0 amide bonds. The average Bonchev–Trinajstić information content (AvgIpc) is 2.35. The van der Waals surface area contributed by atoms with Gasteiger partial charge in [0.1, 0.15) is 6.04 Å². The molecule has 0 saturated carbocycles. The number of sulfonamides is 1. The van der Waals surface area contributed by atoms with Gasteiger partial charge in [-0.05, 0) is 18.2 Å². The summed E-state index contributed by atoms with van der Waals surface area (Å²) in [5, 5.41) is 17.3. The Morgan fingerprint density at radius 3 is 2.40 bits per heavy atom. The molecular weight excluding hydrogens is 303 g/mol. The van der Waals surface area contributed by atoms with Crippen LogP contribution < -0.4 is 4.72 Å². The van der Waals surface area contributed by atoms with Gasteiger partial charge in [0, 0.05) is 0 Å². The van der Waals surface area contributed by atoms with Crippen molar-refractivity contribution >= 4 is 16.0 Å². The summed E-state index contributed by atoms with van der Waals surface area (Å²) < 4.78 is 62.4. The summed E-state index contributed by atoms with van der Waals surface area (Å²) in [4.78, 5) is 9.86. The Kier molecular flexibility index (Phi) is 4.73. The molecule has 0 spiro atoms. The molecule has 0 aliphatic carbocycles. The topological polar surface area (TPSA) is 104 Å². The minimum atomic E-state index is -4.73. The highest BCUT2D eigenvalue weighted by Crippen LogP contribution is 2.30. The number of alkyl halides is 3. The van der Waals surface area contributed by atoms with Crippen LogP contribution in [0.1, 0.15) is 5.56 Å². The second-order valence-corrected chi connectivity index (χ2v) is 5.43. The predicted molar refractivity (Wildman–Crippen MR) is 60.3 cm³/mol. The summed E-state index contributed by atoms with van der Waals surface area (Å²) in [7, 11) is -4.49. The molecule has 6 nitrogen and oxygen atoms in total. The number of carboxylic acid groups (broad SMARTS) is 1. The fraction of sp³-hybridized carbons (Fsp3) is 0.300. The third-order valence-corrected chi connectivity index (χ3v) is 3.72. The smallest absolute Gasteiger partial charge is 0.416 e. The SMILES string of the molecule is O=C(O)[C@@H](CO)NS(=O)(=O)c1cccc(C(F)(F)F)c1. The first-order valence-electron chi connectivity index (χ1n) is 5.11. The van der Waals surface area contributed by atoms with Crippen LogP contribution in [0, 0.1) is 0 Å². The molecular formula is C10H10F3NO5S. The molecule has 0 aliphatic heterocycles. The molecule has 0 radical (unpaired) electrons. The lowest BCUT2D eigenvalue weighted by atomic mass is 10.2. The number of rotatable bonds is 5. The summed E-state index contributed by atoms with van der Waals surface area (Å²) in [5.41, 5.74) is -1.18. The van der Waals surface area contributed by atoms with Crippen LogP contribution in [0.2, 0.25) is 0 Å². The zero-order valence-corrected chi connectivity index (χ0v) is 10.6. The van der Waals surface area contributed by atoms with Gasteiger partial charge in [-0.2, -0.15) is 17.9 Å². The van der Waals surface area contributed by atoms with Crippen LogP contribution in [0.3, 0.4) is 0 Å². The number of aliphatic carboxylic acids is 1. The number of hydrogen-bond donors (Lipinski definition) is 3. The number of benzene rings is 1. The van der Waals surface area contributed by atoms with E-state index in [0.717, 1.165) is 12.1 Å². The minimum Gasteiger partial charge on any atom is -0.480 e. The Balaban J connectivity index is 3.13. The first-order chi connectivity index (χ1) is 9.08. The van der Waals surface area contributed by atoms with Crippen LogP contribution in [0.5, 0.6) is 0 Å². The van der Waals surface area contributed by atoms with E-state index in [0.29, 0.717) is 12.1 Å². The third kappa shape index (κ3) is 3.92. The Morgan fingerprint density at radius 2 is 1.95 bits per heavy atom. The van der Waals surface area contributed by atoms with Gasteiger partial charge in [-0.25, -0.2) is 8.42 Å². The van der Waals surface area contributed by atoms with E-state index in [1.54, 1.807) is 4.72 Å². The molecule has 0 bridgehead atoms. The number of carbonyl (C=O) groups is 1. The molecule has 0 unspecified atom stereocenters. The molecule has 1 rings (SSSR count). The highest BCUT2D eigenvalue weighted by atomic mass is 32.2. The van der Waals surface area contributed by atoms with E-state index in [9.17, 15) is 26.4 Å². The Bertz CT molecular complexity index is 599. The number of halogens is 3. The van der Waals surface area contributed by atoms with Crippen molar-refractivity contribution in [2.45, 2.75) is 17.1 Å². The Labute approximate surface area is 111 Å². The molecule has 3 N–H and O–H groups in total. The highest BCUT2D eigenvalue weighted by Gasteiger charge is 2.32. The molecule has 112 valence electrons. The van der Waals surface area contributed by atoms with Gasteiger partial charge < -0.3 is 10.2 Å². The largest absolute Gasteiger partial charge is 0.480 e. The number of aliphatic hydroxyl groups is 1. The Morgan fingerprint density at radius 1 is 1.35 bits per heavy atom. The molecule has 0 saturated heterocycles. The van der Waals surface area contributed by atoms with Crippen molar-refractivity contribution in [2.75, 3.05) is 6.61 Å². The van der Waals surface area contributed by atoms with Crippen molar-refractivity contribution in [3.63, 3.8) is 0 Å². The second-order valence-electron chi connectivity index (χ2n) is 3.72. The highest BCUT2D eigenvalue weighted by molar-refractivity contribution is 7.89. The van der Waals surface area contributed by atoms with E-state index in [1.165, 1.54) is 0 Å². The van der Waals surface area contributed by atoms with Crippen molar-refractivity contribution in [1.82, 2.24) is 4.72 Å². The fourth-order valence-electron chi connectivity index (χ4n) is 1.26. The normalized spacial score (nSPS) is 14.0.